The van der Waals surface area contributed by atoms with Gasteiger partial charge in [0, 0.05) is 18.6 Å². The van der Waals surface area contributed by atoms with Crippen LogP contribution in [0.25, 0.3) is 10.9 Å². The monoisotopic (exact) mass is 174 g/mol. The maximum Gasteiger partial charge on any atom is 0.173 e. The minimum absolute atomic E-state index is 0.751. The Bertz CT molecular complexity index is 409. The number of para-hydroxylation sites is 1. The average Bonchev–Trinajstić information content (AvgIpc) is 2.19. The van der Waals surface area contributed by atoms with Crippen LogP contribution in [0.3, 0.4) is 0 Å². The van der Waals surface area contributed by atoms with Crippen molar-refractivity contribution in [3.63, 3.8) is 0 Å². The first-order valence-electron chi connectivity index (χ1n) is 4.09. The summed E-state index contributed by atoms with van der Waals surface area (Å²) in [5, 5.41) is 1.08. The lowest BCUT2D eigenvalue weighted by atomic mass is 10.2. The van der Waals surface area contributed by atoms with Gasteiger partial charge in [0.05, 0.1) is 0 Å². The summed E-state index contributed by atoms with van der Waals surface area (Å²) in [5.41, 5.74) is 3.51. The summed E-state index contributed by atoms with van der Waals surface area (Å²) < 4.78 is 0. The quantitative estimate of drug-likeness (QED) is 0.704. The Labute approximate surface area is 76.3 Å². The maximum absolute atomic E-state index is 5.21. The zero-order valence-electron chi connectivity index (χ0n) is 7.32. The third-order valence-electron chi connectivity index (χ3n) is 1.81. The molecule has 0 fully saturated rings. The first-order valence-corrected chi connectivity index (χ1v) is 4.09. The molecule has 0 bridgehead atoms. The van der Waals surface area contributed by atoms with Crippen LogP contribution < -0.4 is 10.3 Å². The minimum Gasteiger partial charge on any atom is -0.407 e. The van der Waals surface area contributed by atoms with Crippen LogP contribution in [0.2, 0.25) is 0 Å². The second-order valence-electron chi connectivity index (χ2n) is 2.64. The second kappa shape index (κ2) is 3.41. The van der Waals surface area contributed by atoms with E-state index >= 15 is 0 Å². The van der Waals surface area contributed by atoms with Gasteiger partial charge in [-0.25, -0.2) is 0 Å². The lowest BCUT2D eigenvalue weighted by Gasteiger charge is -2.04. The van der Waals surface area contributed by atoms with Gasteiger partial charge < -0.3 is 4.84 Å². The van der Waals surface area contributed by atoms with Crippen LogP contribution in [0.5, 0.6) is 5.75 Å². The van der Waals surface area contributed by atoms with Crippen LogP contribution >= 0.6 is 0 Å². The summed E-state index contributed by atoms with van der Waals surface area (Å²) in [4.78, 5) is 9.44. The van der Waals surface area contributed by atoms with Crippen LogP contribution in [0.4, 0.5) is 0 Å². The third-order valence-corrected chi connectivity index (χ3v) is 1.81. The van der Waals surface area contributed by atoms with Gasteiger partial charge in [-0.3, -0.25) is 4.98 Å². The number of hydroxylamine groups is 1. The number of pyridine rings is 1. The molecule has 3 nitrogen and oxygen atoms in total. The number of rotatable bonds is 2. The molecule has 0 atom stereocenters. The predicted octanol–water partition coefficient (Wildman–Crippen LogP) is 1.75. The largest absolute Gasteiger partial charge is 0.407 e. The molecule has 13 heavy (non-hydrogen) atoms. The van der Waals surface area contributed by atoms with Crippen LogP contribution in [-0.2, 0) is 0 Å². The summed E-state index contributed by atoms with van der Waals surface area (Å²) in [6.45, 7) is 0. The highest BCUT2D eigenvalue weighted by Crippen LogP contribution is 2.21. The Morgan fingerprint density at radius 1 is 1.23 bits per heavy atom. The number of hydrogen-bond acceptors (Lipinski definition) is 3. The van der Waals surface area contributed by atoms with Crippen LogP contribution in [0.1, 0.15) is 0 Å². The van der Waals surface area contributed by atoms with Gasteiger partial charge in [0.2, 0.25) is 0 Å². The van der Waals surface area contributed by atoms with Crippen molar-refractivity contribution in [3.05, 3.63) is 36.5 Å². The van der Waals surface area contributed by atoms with Crippen molar-refractivity contribution in [1.29, 1.82) is 0 Å². The van der Waals surface area contributed by atoms with E-state index in [1.807, 2.05) is 30.3 Å². The van der Waals surface area contributed by atoms with Crippen molar-refractivity contribution in [3.8, 4) is 5.75 Å². The molecular weight excluding hydrogens is 164 g/mol. The minimum atomic E-state index is 0.751. The molecule has 1 aromatic carbocycles. The van der Waals surface area contributed by atoms with E-state index in [0.29, 0.717) is 0 Å². The number of benzene rings is 1. The summed E-state index contributed by atoms with van der Waals surface area (Å²) in [6, 6.07) is 9.74. The number of aromatic nitrogens is 1. The molecule has 0 aliphatic rings. The molecule has 0 unspecified atom stereocenters. The maximum atomic E-state index is 5.21. The van der Waals surface area contributed by atoms with Gasteiger partial charge in [-0.1, -0.05) is 18.2 Å². The Hall–Kier alpha value is -1.61. The van der Waals surface area contributed by atoms with Crippen molar-refractivity contribution in [2.45, 2.75) is 0 Å². The van der Waals surface area contributed by atoms with Gasteiger partial charge in [0.15, 0.2) is 5.75 Å². The molecule has 3 heteroatoms. The Balaban J connectivity index is 2.61. The molecular formula is C10H10N2O. The second-order valence-corrected chi connectivity index (χ2v) is 2.64. The number of nitrogens with zero attached hydrogens (tertiary/aromatic N) is 1. The topological polar surface area (TPSA) is 34.1 Å². The Kier molecular flexibility index (Phi) is 2.10. The van der Waals surface area contributed by atoms with Crippen LogP contribution in [0, 0.1) is 0 Å². The molecule has 0 radical (unpaired) electrons. The standard InChI is InChI=1S/C10H10N2O/c1-11-13-9-6-2-4-8-5-3-7-12-10(8)9/h2-7,11H,1H3. The molecule has 0 saturated carbocycles. The molecule has 66 valence electrons. The van der Waals surface area contributed by atoms with E-state index < -0.39 is 0 Å². The molecule has 0 aliphatic heterocycles. The molecule has 2 rings (SSSR count). The summed E-state index contributed by atoms with van der Waals surface area (Å²) >= 11 is 0. The van der Waals surface area contributed by atoms with Gasteiger partial charge in [0.25, 0.3) is 0 Å². The highest BCUT2D eigenvalue weighted by atomic mass is 16.6. The van der Waals surface area contributed by atoms with Crippen molar-refractivity contribution < 1.29 is 4.84 Å². The van der Waals surface area contributed by atoms with Gasteiger partial charge in [0.1, 0.15) is 5.52 Å². The smallest absolute Gasteiger partial charge is 0.173 e. The van der Waals surface area contributed by atoms with E-state index in [4.69, 9.17) is 4.84 Å². The third kappa shape index (κ3) is 1.46. The molecule has 0 saturated heterocycles. The van der Waals surface area contributed by atoms with Gasteiger partial charge in [-0.05, 0) is 12.1 Å². The first kappa shape index (κ1) is 8.01. The Morgan fingerprint density at radius 3 is 2.92 bits per heavy atom. The van der Waals surface area contributed by atoms with Crippen molar-refractivity contribution in [2.75, 3.05) is 7.05 Å². The van der Waals surface area contributed by atoms with Gasteiger partial charge in [-0.2, -0.15) is 5.48 Å². The summed E-state index contributed by atoms with van der Waals surface area (Å²) in [5.74, 6) is 0.751. The molecule has 1 heterocycles. The van der Waals surface area contributed by atoms with E-state index in [0.717, 1.165) is 16.7 Å². The van der Waals surface area contributed by atoms with Crippen LogP contribution in [-0.4, -0.2) is 12.0 Å². The molecule has 0 spiro atoms. The summed E-state index contributed by atoms with van der Waals surface area (Å²) in [6.07, 6.45) is 1.75. The number of hydrogen-bond donors (Lipinski definition) is 1. The van der Waals surface area contributed by atoms with E-state index in [2.05, 4.69) is 10.5 Å². The fraction of sp³-hybridized carbons (Fsp3) is 0.100. The Morgan fingerprint density at radius 2 is 2.08 bits per heavy atom. The molecule has 2 aromatic rings. The van der Waals surface area contributed by atoms with Crippen molar-refractivity contribution in [2.24, 2.45) is 0 Å². The lowest BCUT2D eigenvalue weighted by Crippen LogP contribution is -2.11. The van der Waals surface area contributed by atoms with E-state index in [9.17, 15) is 0 Å². The summed E-state index contributed by atoms with van der Waals surface area (Å²) in [7, 11) is 1.72. The molecule has 0 amide bonds. The fourth-order valence-electron chi connectivity index (χ4n) is 1.27. The SMILES string of the molecule is CNOc1cccc2cccnc12. The van der Waals surface area contributed by atoms with E-state index in [1.165, 1.54) is 0 Å². The van der Waals surface area contributed by atoms with Gasteiger partial charge >= 0.3 is 0 Å². The average molecular weight is 174 g/mol. The van der Waals surface area contributed by atoms with Crippen LogP contribution in [0.15, 0.2) is 36.5 Å². The van der Waals surface area contributed by atoms with E-state index in [-0.39, 0.29) is 0 Å². The highest BCUT2D eigenvalue weighted by molar-refractivity contribution is 5.84. The zero-order valence-corrected chi connectivity index (χ0v) is 7.32. The zero-order chi connectivity index (χ0) is 9.10. The van der Waals surface area contributed by atoms with Crippen molar-refractivity contribution in [1.82, 2.24) is 10.5 Å². The van der Waals surface area contributed by atoms with Crippen molar-refractivity contribution >= 4 is 10.9 Å². The highest BCUT2D eigenvalue weighted by Gasteiger charge is 2.00. The normalized spacial score (nSPS) is 10.2. The predicted molar refractivity (Wildman–Crippen MR) is 51.4 cm³/mol. The lowest BCUT2D eigenvalue weighted by molar-refractivity contribution is 0.226. The number of nitrogens with one attached hydrogen (secondary N) is 1. The van der Waals surface area contributed by atoms with E-state index in [1.54, 1.807) is 13.2 Å². The van der Waals surface area contributed by atoms with Gasteiger partial charge in [-0.15, -0.1) is 0 Å². The first-order chi connectivity index (χ1) is 6.42. The molecule has 1 N–H and O–H groups in total. The molecule has 1 aromatic heterocycles. The molecule has 0 aliphatic carbocycles. The fourth-order valence-corrected chi connectivity index (χ4v) is 1.27. The number of fused-ring (bicyclic) bond motifs is 1.